The van der Waals surface area contributed by atoms with Crippen LogP contribution < -0.4 is 14.4 Å². The van der Waals surface area contributed by atoms with Gasteiger partial charge in [-0.25, -0.2) is 4.79 Å². The van der Waals surface area contributed by atoms with Crippen LogP contribution in [-0.4, -0.2) is 30.6 Å². The van der Waals surface area contributed by atoms with Gasteiger partial charge in [0.05, 0.1) is 5.00 Å². The van der Waals surface area contributed by atoms with E-state index in [-0.39, 0.29) is 12.4 Å². The largest absolute Gasteiger partial charge is 0.573 e. The van der Waals surface area contributed by atoms with E-state index in [2.05, 4.69) is 9.64 Å². The lowest BCUT2D eigenvalue weighted by atomic mass is 9.99. The zero-order chi connectivity index (χ0) is 22.0. The van der Waals surface area contributed by atoms with Crippen LogP contribution in [0, 0.1) is 0 Å². The van der Waals surface area contributed by atoms with E-state index in [1.165, 1.54) is 12.1 Å². The van der Waals surface area contributed by atoms with Crippen molar-refractivity contribution >= 4 is 22.3 Å². The van der Waals surface area contributed by atoms with E-state index in [4.69, 9.17) is 9.84 Å². The summed E-state index contributed by atoms with van der Waals surface area (Å²) in [6.45, 7) is 1.15. The Labute approximate surface area is 180 Å². The Morgan fingerprint density at radius 3 is 2.48 bits per heavy atom. The molecule has 0 unspecified atom stereocenters. The Bertz CT molecular complexity index is 1080. The summed E-state index contributed by atoms with van der Waals surface area (Å²) in [5.74, 6) is -0.710. The number of aliphatic carboxylic acids is 1. The van der Waals surface area contributed by atoms with Gasteiger partial charge in [-0.05, 0) is 71.6 Å². The van der Waals surface area contributed by atoms with Crippen molar-refractivity contribution in [2.75, 3.05) is 18.1 Å². The Kier molecular flexibility index (Phi) is 5.77. The highest BCUT2D eigenvalue weighted by atomic mass is 32.1. The average Bonchev–Trinajstić information content (AvgIpc) is 3.21. The minimum atomic E-state index is -4.70. The molecule has 0 amide bonds. The lowest BCUT2D eigenvalue weighted by Gasteiger charge is -2.29. The van der Waals surface area contributed by atoms with Gasteiger partial charge in [0.15, 0.2) is 6.61 Å². The molecule has 0 saturated heterocycles. The molecule has 0 radical (unpaired) electrons. The van der Waals surface area contributed by atoms with Crippen molar-refractivity contribution in [1.82, 2.24) is 0 Å². The van der Waals surface area contributed by atoms with Gasteiger partial charge in [0.25, 0.3) is 0 Å². The molecule has 0 bridgehead atoms. The zero-order valence-corrected chi connectivity index (χ0v) is 17.0. The fraction of sp³-hybridized carbons (Fsp3) is 0.227. The smallest absolute Gasteiger partial charge is 0.482 e. The van der Waals surface area contributed by atoms with Crippen LogP contribution in [0.15, 0.2) is 54.6 Å². The summed E-state index contributed by atoms with van der Waals surface area (Å²) >= 11 is 1.57. The van der Waals surface area contributed by atoms with Crippen molar-refractivity contribution in [3.05, 3.63) is 65.7 Å². The number of nitrogens with zero attached hydrogens (tertiary/aromatic N) is 1. The SMILES string of the molecule is O=C(O)COc1ccc2c(c1)CCN(c1ccc(-c3ccc(OC(F)(F)F)cc3)s1)C2. The first-order valence-electron chi connectivity index (χ1n) is 9.44. The van der Waals surface area contributed by atoms with E-state index < -0.39 is 12.3 Å². The number of hydrogen-bond acceptors (Lipinski definition) is 5. The summed E-state index contributed by atoms with van der Waals surface area (Å²) in [5, 5.41) is 9.81. The lowest BCUT2D eigenvalue weighted by Crippen LogP contribution is -2.29. The second kappa shape index (κ2) is 8.50. The highest BCUT2D eigenvalue weighted by Gasteiger charge is 2.31. The number of fused-ring (bicyclic) bond motifs is 1. The predicted octanol–water partition coefficient (Wildman–Crippen LogP) is 5.34. The van der Waals surface area contributed by atoms with Gasteiger partial charge in [-0.15, -0.1) is 24.5 Å². The lowest BCUT2D eigenvalue weighted by molar-refractivity contribution is -0.274. The third kappa shape index (κ3) is 5.29. The molecule has 9 heteroatoms. The number of ether oxygens (including phenoxy) is 2. The maximum atomic E-state index is 12.3. The van der Waals surface area contributed by atoms with Crippen molar-refractivity contribution in [3.63, 3.8) is 0 Å². The Morgan fingerprint density at radius 2 is 1.77 bits per heavy atom. The number of carboxylic acids is 1. The standard InChI is InChI=1S/C22H18F3NO4S/c23-22(24,25)30-17-4-1-14(2-5-17)19-7-8-20(31-19)26-10-9-15-11-18(29-13-21(27)28)6-3-16(15)12-26/h1-8,11H,9-10,12-13H2,(H,27,28). The Morgan fingerprint density at radius 1 is 1.03 bits per heavy atom. The fourth-order valence-corrected chi connectivity index (χ4v) is 4.46. The van der Waals surface area contributed by atoms with E-state index in [0.29, 0.717) is 12.3 Å². The minimum absolute atomic E-state index is 0.243. The molecule has 1 aromatic heterocycles. The normalized spacial score (nSPS) is 13.6. The molecule has 3 aromatic rings. The van der Waals surface area contributed by atoms with Crippen molar-refractivity contribution in [3.8, 4) is 21.9 Å². The molecule has 31 heavy (non-hydrogen) atoms. The van der Waals surface area contributed by atoms with Crippen LogP contribution in [0.5, 0.6) is 11.5 Å². The van der Waals surface area contributed by atoms with Gasteiger partial charge in [0.2, 0.25) is 0 Å². The number of alkyl halides is 3. The number of benzene rings is 2. The van der Waals surface area contributed by atoms with Crippen LogP contribution in [0.3, 0.4) is 0 Å². The molecule has 2 aromatic carbocycles. The summed E-state index contributed by atoms with van der Waals surface area (Å²) in [7, 11) is 0. The van der Waals surface area contributed by atoms with Crippen molar-refractivity contribution in [2.45, 2.75) is 19.3 Å². The number of carboxylic acid groups (broad SMARTS) is 1. The van der Waals surface area contributed by atoms with Crippen LogP contribution in [0.4, 0.5) is 18.2 Å². The first kappa shape index (κ1) is 21.0. The number of hydrogen-bond donors (Lipinski definition) is 1. The van der Waals surface area contributed by atoms with Crippen LogP contribution in [0.25, 0.3) is 10.4 Å². The molecule has 5 nitrogen and oxygen atoms in total. The molecule has 2 heterocycles. The maximum Gasteiger partial charge on any atom is 0.573 e. The van der Waals surface area contributed by atoms with Gasteiger partial charge >= 0.3 is 12.3 Å². The van der Waals surface area contributed by atoms with Gasteiger partial charge in [0.1, 0.15) is 11.5 Å². The Hall–Kier alpha value is -3.20. The number of anilines is 1. The molecular weight excluding hydrogens is 431 g/mol. The fourth-order valence-electron chi connectivity index (χ4n) is 3.43. The number of thiophene rings is 1. The van der Waals surface area contributed by atoms with Gasteiger partial charge in [0, 0.05) is 18.0 Å². The van der Waals surface area contributed by atoms with Crippen LogP contribution in [-0.2, 0) is 17.8 Å². The third-order valence-corrected chi connectivity index (χ3v) is 6.02. The second-order valence-corrected chi connectivity index (χ2v) is 8.06. The third-order valence-electron chi connectivity index (χ3n) is 4.83. The predicted molar refractivity (Wildman–Crippen MR) is 111 cm³/mol. The number of halogens is 3. The molecule has 0 fully saturated rings. The van der Waals surface area contributed by atoms with Crippen molar-refractivity contribution < 1.29 is 32.5 Å². The monoisotopic (exact) mass is 449 g/mol. The molecule has 1 aliphatic rings. The van der Waals surface area contributed by atoms with E-state index in [1.54, 1.807) is 29.5 Å². The quantitative estimate of drug-likeness (QED) is 0.551. The second-order valence-electron chi connectivity index (χ2n) is 6.99. The molecule has 0 saturated carbocycles. The van der Waals surface area contributed by atoms with E-state index >= 15 is 0 Å². The van der Waals surface area contributed by atoms with Gasteiger partial charge in [-0.1, -0.05) is 6.07 Å². The molecule has 0 atom stereocenters. The topological polar surface area (TPSA) is 59.0 Å². The van der Waals surface area contributed by atoms with Crippen molar-refractivity contribution in [2.24, 2.45) is 0 Å². The highest BCUT2D eigenvalue weighted by Crippen LogP contribution is 2.37. The molecule has 4 rings (SSSR count). The number of rotatable bonds is 6. The minimum Gasteiger partial charge on any atom is -0.482 e. The van der Waals surface area contributed by atoms with E-state index in [9.17, 15) is 18.0 Å². The van der Waals surface area contributed by atoms with Gasteiger partial charge in [-0.3, -0.25) is 0 Å². The molecule has 0 aliphatic carbocycles. The van der Waals surface area contributed by atoms with Gasteiger partial charge in [-0.2, -0.15) is 0 Å². The molecule has 0 spiro atoms. The summed E-state index contributed by atoms with van der Waals surface area (Å²) in [6, 6.07) is 15.4. The first-order chi connectivity index (χ1) is 14.8. The van der Waals surface area contributed by atoms with Crippen LogP contribution in [0.1, 0.15) is 11.1 Å². The summed E-state index contributed by atoms with van der Waals surface area (Å²) < 4.78 is 46.1. The average molecular weight is 449 g/mol. The van der Waals surface area contributed by atoms with Crippen LogP contribution >= 0.6 is 11.3 Å². The zero-order valence-electron chi connectivity index (χ0n) is 16.2. The van der Waals surface area contributed by atoms with E-state index in [1.807, 2.05) is 24.3 Å². The molecular formula is C22H18F3NO4S. The first-order valence-corrected chi connectivity index (χ1v) is 10.3. The molecule has 162 valence electrons. The molecule has 1 N–H and O–H groups in total. The molecule has 1 aliphatic heterocycles. The summed E-state index contributed by atoms with van der Waals surface area (Å²) in [5.41, 5.74) is 3.11. The summed E-state index contributed by atoms with van der Waals surface area (Å²) in [4.78, 5) is 13.9. The van der Waals surface area contributed by atoms with Crippen LogP contribution in [0.2, 0.25) is 0 Å². The highest BCUT2D eigenvalue weighted by molar-refractivity contribution is 7.19. The number of carbonyl (C=O) groups is 1. The summed E-state index contributed by atoms with van der Waals surface area (Å²) in [6.07, 6.45) is -3.90. The Balaban J connectivity index is 1.44. The maximum absolute atomic E-state index is 12.3. The van der Waals surface area contributed by atoms with E-state index in [0.717, 1.165) is 39.5 Å². The van der Waals surface area contributed by atoms with Crippen molar-refractivity contribution in [1.29, 1.82) is 0 Å². The van der Waals surface area contributed by atoms with Gasteiger partial charge < -0.3 is 19.5 Å².